The Bertz CT molecular complexity index is 3750. The van der Waals surface area contributed by atoms with Crippen molar-refractivity contribution in [3.8, 4) is 56.8 Å². The first-order valence-corrected chi connectivity index (χ1v) is 30.1. The van der Waals surface area contributed by atoms with Crippen molar-refractivity contribution < 1.29 is 46.0 Å². The molecule has 4 aliphatic heterocycles. The van der Waals surface area contributed by atoms with E-state index in [1.807, 2.05) is 84.9 Å². The monoisotopic (exact) mass is 1100 g/mol. The number of sulfonamides is 2. The Morgan fingerprint density at radius 3 is 1.38 bits per heavy atom. The number of benzene rings is 8. The minimum absolute atomic E-state index is 0.175. The molecule has 16 heteroatoms. The Kier molecular flexibility index (Phi) is 15.6. The minimum Gasteiger partial charge on any atom is -0.508 e. The Labute approximate surface area is 462 Å². The molecule has 2 atom stereocenters. The summed E-state index contributed by atoms with van der Waals surface area (Å²) in [7, 11) is -2.79. The summed E-state index contributed by atoms with van der Waals surface area (Å²) in [5, 5.41) is 23.8. The first-order chi connectivity index (χ1) is 38.2. The topological polar surface area (TPSA) is 167 Å². The number of phenols is 2. The van der Waals surface area contributed by atoms with Crippen LogP contribution in [0.1, 0.15) is 73.0 Å². The Morgan fingerprint density at radius 2 is 0.949 bits per heavy atom. The van der Waals surface area contributed by atoms with Crippen LogP contribution in [0.3, 0.4) is 0 Å². The van der Waals surface area contributed by atoms with E-state index in [0.717, 1.165) is 111 Å². The highest BCUT2D eigenvalue weighted by atomic mass is 32.2. The largest absolute Gasteiger partial charge is 0.508 e. The summed E-state index contributed by atoms with van der Waals surface area (Å²) in [5.41, 5.74) is 7.02. The first-order valence-electron chi connectivity index (χ1n) is 27.1. The molecule has 79 heavy (non-hydrogen) atoms. The molecule has 3 N–H and O–H groups in total. The van der Waals surface area contributed by atoms with Crippen LogP contribution in [-0.4, -0.2) is 115 Å². The van der Waals surface area contributed by atoms with Gasteiger partial charge in [-0.3, -0.25) is 9.80 Å². The van der Waals surface area contributed by atoms with Gasteiger partial charge in [0, 0.05) is 49.4 Å². The maximum atomic E-state index is 12.9. The summed E-state index contributed by atoms with van der Waals surface area (Å²) in [4.78, 5) is 5.30. The quantitative estimate of drug-likeness (QED) is 0.0944. The fourth-order valence-corrected chi connectivity index (χ4v) is 13.0. The summed E-state index contributed by atoms with van der Waals surface area (Å²) in [5.74, 6) is 3.24. The number of hydrogen-bond acceptors (Lipinski definition) is 12. The number of likely N-dealkylation sites (tertiary alicyclic amines) is 2. The van der Waals surface area contributed by atoms with Crippen molar-refractivity contribution >= 4 is 41.6 Å². The highest BCUT2D eigenvalue weighted by molar-refractivity contribution is 7.89. The van der Waals surface area contributed by atoms with E-state index in [4.69, 9.17) is 18.9 Å². The maximum Gasteiger partial charge on any atom is 0.242 e. The van der Waals surface area contributed by atoms with Gasteiger partial charge in [0.2, 0.25) is 20.0 Å². The van der Waals surface area contributed by atoms with E-state index < -0.39 is 32.3 Å². The number of nitrogens with zero attached hydrogens (tertiary/aromatic N) is 3. The van der Waals surface area contributed by atoms with E-state index in [-0.39, 0.29) is 21.3 Å². The van der Waals surface area contributed by atoms with Crippen molar-refractivity contribution in [3.05, 3.63) is 168 Å². The molecular formula is C63H66N4O10S2. The summed E-state index contributed by atoms with van der Waals surface area (Å²) in [6, 6.07) is 44.4. The van der Waals surface area contributed by atoms with Crippen molar-refractivity contribution in [1.29, 1.82) is 0 Å². The molecule has 2 fully saturated rings. The molecule has 8 aromatic carbocycles. The lowest BCUT2D eigenvalue weighted by Crippen LogP contribution is -2.33. The van der Waals surface area contributed by atoms with Gasteiger partial charge in [0.05, 0.1) is 9.79 Å². The van der Waals surface area contributed by atoms with Gasteiger partial charge in [0.15, 0.2) is 12.2 Å². The van der Waals surface area contributed by atoms with Crippen molar-refractivity contribution in [2.24, 2.45) is 0 Å². The molecule has 0 aliphatic carbocycles. The van der Waals surface area contributed by atoms with Gasteiger partial charge in [-0.15, -0.1) is 0 Å². The van der Waals surface area contributed by atoms with Crippen LogP contribution in [0.5, 0.6) is 34.5 Å². The zero-order valence-electron chi connectivity index (χ0n) is 44.7. The molecule has 2 saturated heterocycles. The molecule has 8 aromatic rings. The first kappa shape index (κ1) is 53.8. The maximum absolute atomic E-state index is 12.9. The van der Waals surface area contributed by atoms with Gasteiger partial charge in [0.1, 0.15) is 47.7 Å². The predicted molar refractivity (Wildman–Crippen MR) is 309 cm³/mol. The molecular weight excluding hydrogens is 1040 g/mol. The molecule has 0 amide bonds. The predicted octanol–water partition coefficient (Wildman–Crippen LogP) is 11.3. The Hall–Kier alpha value is -7.18. The second-order valence-corrected chi connectivity index (χ2v) is 24.8. The van der Waals surface area contributed by atoms with Gasteiger partial charge in [-0.1, -0.05) is 73.5 Å². The molecule has 4 heterocycles. The molecule has 0 radical (unpaired) electrons. The number of hydrogen-bond donors (Lipinski definition) is 3. The molecule has 0 saturated carbocycles. The lowest BCUT2D eigenvalue weighted by atomic mass is 9.86. The Balaban J connectivity index is 0.000000167. The standard InChI is InChI=1S/C32H34N2O5S.C31H32N2O5S/c1-33(2)40(36,37)26-12-15-30-29(21-26)28-13-8-23-20-24(35)9-14-27(23)31(28)32(39-30)22-6-10-25(11-7-22)38-19-18-34-16-4-3-5-17-34;1-32-39(35,36)25-11-14-29-28(20-25)27-12-7-22-19-23(34)8-13-26(22)30(27)31(38-29)21-5-9-24(10-6-21)37-18-17-33-15-3-2-4-16-33/h6-15,20-21,32,35H,3-5,16-19H2,1-2H3;5-14,19-20,31-32,34H,2-4,15-18H2,1H3. The number of fused-ring (bicyclic) bond motifs is 10. The van der Waals surface area contributed by atoms with Gasteiger partial charge in [-0.25, -0.2) is 25.9 Å². The van der Waals surface area contributed by atoms with Gasteiger partial charge >= 0.3 is 0 Å². The molecule has 0 spiro atoms. The van der Waals surface area contributed by atoms with Crippen LogP contribution in [0.2, 0.25) is 0 Å². The second-order valence-electron chi connectivity index (χ2n) is 20.8. The number of nitrogens with one attached hydrogen (secondary N) is 1. The van der Waals surface area contributed by atoms with E-state index in [1.54, 1.807) is 60.7 Å². The number of rotatable bonds is 14. The van der Waals surface area contributed by atoms with Crippen molar-refractivity contribution in [3.63, 3.8) is 0 Å². The highest BCUT2D eigenvalue weighted by Crippen LogP contribution is 2.50. The molecule has 0 bridgehead atoms. The van der Waals surface area contributed by atoms with E-state index in [9.17, 15) is 27.0 Å². The summed E-state index contributed by atoms with van der Waals surface area (Å²) in [6.07, 6.45) is 6.86. The summed E-state index contributed by atoms with van der Waals surface area (Å²) in [6.45, 7) is 7.77. The van der Waals surface area contributed by atoms with E-state index in [1.165, 1.54) is 64.0 Å². The number of phenolic OH excluding ortho intramolecular Hbond substituents is 2. The SMILES string of the molecule is CN(C)S(=O)(=O)c1ccc2c(c1)-c1ccc3cc(O)ccc3c1C(c1ccc(OCCN3CCCCC3)cc1)O2.CNS(=O)(=O)c1ccc2c(c1)-c1ccc3cc(O)ccc3c1C(c1ccc(OCCN3CCCCC3)cc1)O2. The van der Waals surface area contributed by atoms with Crippen LogP contribution < -0.4 is 23.7 Å². The molecule has 0 aromatic heterocycles. The van der Waals surface area contributed by atoms with Crippen LogP contribution in [0, 0.1) is 0 Å². The van der Waals surface area contributed by atoms with Gasteiger partial charge in [-0.05, 0) is 188 Å². The second kappa shape index (κ2) is 22.9. The third-order valence-electron chi connectivity index (χ3n) is 15.6. The normalized spacial score (nSPS) is 17.3. The van der Waals surface area contributed by atoms with E-state index in [0.29, 0.717) is 30.3 Å². The van der Waals surface area contributed by atoms with Crippen LogP contribution >= 0.6 is 0 Å². The van der Waals surface area contributed by atoms with Gasteiger partial charge in [-0.2, -0.15) is 0 Å². The van der Waals surface area contributed by atoms with Crippen LogP contribution in [0.15, 0.2) is 155 Å². The lowest BCUT2D eigenvalue weighted by Gasteiger charge is -2.31. The lowest BCUT2D eigenvalue weighted by molar-refractivity contribution is 0.183. The smallest absolute Gasteiger partial charge is 0.242 e. The van der Waals surface area contributed by atoms with Crippen molar-refractivity contribution in [1.82, 2.24) is 18.8 Å². The third kappa shape index (κ3) is 11.4. The van der Waals surface area contributed by atoms with Crippen LogP contribution in [0.4, 0.5) is 0 Å². The fourth-order valence-electron chi connectivity index (χ4n) is 11.3. The van der Waals surface area contributed by atoms with E-state index in [2.05, 4.69) is 14.5 Å². The zero-order chi connectivity index (χ0) is 54.8. The number of piperidine rings is 2. The van der Waals surface area contributed by atoms with Crippen LogP contribution in [0.25, 0.3) is 43.8 Å². The molecule has 2 unspecified atom stereocenters. The van der Waals surface area contributed by atoms with Crippen molar-refractivity contribution in [2.75, 3.05) is 73.6 Å². The average molecular weight is 1100 g/mol. The summed E-state index contributed by atoms with van der Waals surface area (Å²) < 4.78 is 79.7. The van der Waals surface area contributed by atoms with E-state index >= 15 is 0 Å². The molecule has 4 aliphatic rings. The summed E-state index contributed by atoms with van der Waals surface area (Å²) >= 11 is 0. The molecule has 12 rings (SSSR count). The zero-order valence-corrected chi connectivity index (χ0v) is 46.4. The number of ether oxygens (including phenoxy) is 4. The third-order valence-corrected chi connectivity index (χ3v) is 18.8. The number of aromatic hydroxyl groups is 2. The average Bonchev–Trinajstić information content (AvgIpc) is 3.66. The fraction of sp³-hybridized carbons (Fsp3) is 0.302. The van der Waals surface area contributed by atoms with Crippen molar-refractivity contribution in [2.45, 2.75) is 60.5 Å². The van der Waals surface area contributed by atoms with Gasteiger partial charge in [0.25, 0.3) is 0 Å². The molecule has 410 valence electrons. The molecule has 14 nitrogen and oxygen atoms in total. The van der Waals surface area contributed by atoms with Crippen LogP contribution in [-0.2, 0) is 20.0 Å². The Morgan fingerprint density at radius 1 is 0.519 bits per heavy atom. The highest BCUT2D eigenvalue weighted by Gasteiger charge is 2.33. The van der Waals surface area contributed by atoms with Gasteiger partial charge < -0.3 is 29.2 Å². The minimum atomic E-state index is -3.62.